The number of aromatic nitrogens is 4. The number of carbonyl (C=O) groups is 1. The van der Waals surface area contributed by atoms with E-state index in [1.54, 1.807) is 23.3 Å². The van der Waals surface area contributed by atoms with Gasteiger partial charge in [0.1, 0.15) is 5.69 Å². The molecule has 7 heteroatoms. The van der Waals surface area contributed by atoms with Crippen molar-refractivity contribution in [3.8, 4) is 5.69 Å². The fourth-order valence-corrected chi connectivity index (χ4v) is 2.07. The molecule has 3 rings (SSSR count). The van der Waals surface area contributed by atoms with Gasteiger partial charge in [-0.2, -0.15) is 0 Å². The molecular formula is C14H17N5O2. The van der Waals surface area contributed by atoms with E-state index in [4.69, 9.17) is 4.74 Å². The highest BCUT2D eigenvalue weighted by molar-refractivity contribution is 5.67. The number of hydrogen-bond donors (Lipinski definition) is 1. The maximum absolute atomic E-state index is 11.5. The van der Waals surface area contributed by atoms with Gasteiger partial charge < -0.3 is 10.1 Å². The van der Waals surface area contributed by atoms with Crippen molar-refractivity contribution in [2.45, 2.75) is 25.8 Å². The van der Waals surface area contributed by atoms with E-state index in [0.717, 1.165) is 18.5 Å². The van der Waals surface area contributed by atoms with Crippen LogP contribution < -0.4 is 5.32 Å². The summed E-state index contributed by atoms with van der Waals surface area (Å²) in [5.41, 5.74) is 1.55. The standard InChI is InChI=1S/C14H17N5O2/c20-14(21-10-11-2-1-3-11)16-8-12-9-19(18-17-12)13-4-6-15-7-5-13/h4-7,9,11H,1-3,8,10H2,(H,16,20). The van der Waals surface area contributed by atoms with E-state index in [-0.39, 0.29) is 0 Å². The first-order valence-electron chi connectivity index (χ1n) is 7.03. The van der Waals surface area contributed by atoms with Gasteiger partial charge in [0.05, 0.1) is 25.0 Å². The van der Waals surface area contributed by atoms with E-state index in [1.165, 1.54) is 6.42 Å². The molecule has 1 saturated carbocycles. The number of carbonyl (C=O) groups excluding carboxylic acids is 1. The van der Waals surface area contributed by atoms with Crippen LogP contribution in [0.4, 0.5) is 4.79 Å². The van der Waals surface area contributed by atoms with Gasteiger partial charge in [0.2, 0.25) is 0 Å². The van der Waals surface area contributed by atoms with Gasteiger partial charge in [-0.05, 0) is 30.9 Å². The Hall–Kier alpha value is -2.44. The van der Waals surface area contributed by atoms with Gasteiger partial charge in [-0.15, -0.1) is 5.10 Å². The van der Waals surface area contributed by atoms with Crippen LogP contribution >= 0.6 is 0 Å². The molecule has 21 heavy (non-hydrogen) atoms. The Morgan fingerprint density at radius 3 is 2.90 bits per heavy atom. The monoisotopic (exact) mass is 287 g/mol. The third-order valence-corrected chi connectivity index (χ3v) is 3.56. The van der Waals surface area contributed by atoms with Gasteiger partial charge in [0, 0.05) is 12.4 Å². The Bertz CT molecular complexity index is 594. The number of amides is 1. The van der Waals surface area contributed by atoms with Crippen molar-refractivity contribution >= 4 is 6.09 Å². The summed E-state index contributed by atoms with van der Waals surface area (Å²) >= 11 is 0. The molecular weight excluding hydrogens is 270 g/mol. The van der Waals surface area contributed by atoms with Crippen LogP contribution in [0, 0.1) is 5.92 Å². The van der Waals surface area contributed by atoms with Crippen LogP contribution in [-0.2, 0) is 11.3 Å². The SMILES string of the molecule is O=C(NCc1cn(-c2ccncc2)nn1)OCC1CCC1. The van der Waals surface area contributed by atoms with Crippen molar-refractivity contribution in [3.63, 3.8) is 0 Å². The predicted octanol–water partition coefficient (Wildman–Crippen LogP) is 1.69. The third kappa shape index (κ3) is 3.56. The van der Waals surface area contributed by atoms with Crippen LogP contribution in [-0.4, -0.2) is 32.7 Å². The largest absolute Gasteiger partial charge is 0.449 e. The Balaban J connectivity index is 1.47. The molecule has 7 nitrogen and oxygen atoms in total. The minimum Gasteiger partial charge on any atom is -0.449 e. The minimum absolute atomic E-state index is 0.300. The molecule has 0 unspecified atom stereocenters. The second-order valence-electron chi connectivity index (χ2n) is 5.11. The molecule has 0 saturated heterocycles. The number of hydrogen-bond acceptors (Lipinski definition) is 5. The summed E-state index contributed by atoms with van der Waals surface area (Å²) in [7, 11) is 0. The fraction of sp³-hybridized carbons (Fsp3) is 0.429. The Kier molecular flexibility index (Phi) is 4.09. The predicted molar refractivity (Wildman–Crippen MR) is 74.7 cm³/mol. The number of ether oxygens (including phenoxy) is 1. The first-order valence-corrected chi connectivity index (χ1v) is 7.03. The van der Waals surface area contributed by atoms with Crippen LogP contribution in [0.1, 0.15) is 25.0 Å². The van der Waals surface area contributed by atoms with Crippen molar-refractivity contribution in [2.75, 3.05) is 6.61 Å². The second kappa shape index (κ2) is 6.34. The zero-order valence-corrected chi connectivity index (χ0v) is 11.6. The van der Waals surface area contributed by atoms with Gasteiger partial charge >= 0.3 is 6.09 Å². The molecule has 110 valence electrons. The first-order chi connectivity index (χ1) is 10.3. The number of alkyl carbamates (subject to hydrolysis) is 1. The molecule has 0 aromatic carbocycles. The summed E-state index contributed by atoms with van der Waals surface area (Å²) in [6, 6.07) is 3.66. The number of nitrogens with zero attached hydrogens (tertiary/aromatic N) is 4. The van der Waals surface area contributed by atoms with Crippen LogP contribution in [0.15, 0.2) is 30.7 Å². The summed E-state index contributed by atoms with van der Waals surface area (Å²) in [5.74, 6) is 0.545. The normalized spacial score (nSPS) is 14.5. The van der Waals surface area contributed by atoms with Crippen molar-refractivity contribution in [1.29, 1.82) is 0 Å². The summed E-state index contributed by atoms with van der Waals surface area (Å²) in [6.45, 7) is 0.810. The van der Waals surface area contributed by atoms with Gasteiger partial charge in [-0.1, -0.05) is 11.6 Å². The van der Waals surface area contributed by atoms with Crippen molar-refractivity contribution in [1.82, 2.24) is 25.3 Å². The topological polar surface area (TPSA) is 81.9 Å². The Labute approximate surface area is 122 Å². The quantitative estimate of drug-likeness (QED) is 0.905. The number of rotatable bonds is 5. The molecule has 0 aliphatic heterocycles. The zero-order valence-electron chi connectivity index (χ0n) is 11.6. The minimum atomic E-state index is -0.402. The molecule has 1 N–H and O–H groups in total. The summed E-state index contributed by atoms with van der Waals surface area (Å²) in [6.07, 6.45) is 8.30. The highest BCUT2D eigenvalue weighted by atomic mass is 16.5. The summed E-state index contributed by atoms with van der Waals surface area (Å²) in [5, 5.41) is 10.7. The average Bonchev–Trinajstić information content (AvgIpc) is 2.93. The third-order valence-electron chi connectivity index (χ3n) is 3.56. The molecule has 2 heterocycles. The molecule has 1 amide bonds. The lowest BCUT2D eigenvalue weighted by molar-refractivity contribution is 0.103. The van der Waals surface area contributed by atoms with Gasteiger partial charge in [-0.3, -0.25) is 4.98 Å². The number of nitrogens with one attached hydrogen (secondary N) is 1. The van der Waals surface area contributed by atoms with Crippen LogP contribution in [0.25, 0.3) is 5.69 Å². The molecule has 1 aliphatic rings. The summed E-state index contributed by atoms with van der Waals surface area (Å²) in [4.78, 5) is 15.5. The van der Waals surface area contributed by atoms with Crippen molar-refractivity contribution in [3.05, 3.63) is 36.4 Å². The Morgan fingerprint density at radius 1 is 1.38 bits per heavy atom. The van der Waals surface area contributed by atoms with E-state index in [2.05, 4.69) is 20.6 Å². The van der Waals surface area contributed by atoms with Crippen molar-refractivity contribution in [2.24, 2.45) is 5.92 Å². The van der Waals surface area contributed by atoms with Crippen LogP contribution in [0.2, 0.25) is 0 Å². The maximum atomic E-state index is 11.5. The fourth-order valence-electron chi connectivity index (χ4n) is 2.07. The number of pyridine rings is 1. The first kappa shape index (κ1) is 13.5. The van der Waals surface area contributed by atoms with Gasteiger partial charge in [0.15, 0.2) is 0 Å². The van der Waals surface area contributed by atoms with Crippen LogP contribution in [0.5, 0.6) is 0 Å². The molecule has 0 radical (unpaired) electrons. The lowest BCUT2D eigenvalue weighted by Crippen LogP contribution is -2.28. The van der Waals surface area contributed by atoms with E-state index in [9.17, 15) is 4.79 Å². The molecule has 1 aliphatic carbocycles. The lowest BCUT2D eigenvalue weighted by Gasteiger charge is -2.24. The van der Waals surface area contributed by atoms with Gasteiger partial charge in [-0.25, -0.2) is 9.48 Å². The van der Waals surface area contributed by atoms with E-state index in [1.807, 2.05) is 12.1 Å². The molecule has 1 fully saturated rings. The second-order valence-corrected chi connectivity index (χ2v) is 5.11. The maximum Gasteiger partial charge on any atom is 0.407 e. The molecule has 2 aromatic heterocycles. The van der Waals surface area contributed by atoms with Crippen molar-refractivity contribution < 1.29 is 9.53 Å². The van der Waals surface area contributed by atoms with E-state index >= 15 is 0 Å². The molecule has 2 aromatic rings. The lowest BCUT2D eigenvalue weighted by atomic mass is 9.86. The highest BCUT2D eigenvalue weighted by Gasteiger charge is 2.19. The highest BCUT2D eigenvalue weighted by Crippen LogP contribution is 2.26. The van der Waals surface area contributed by atoms with Gasteiger partial charge in [0.25, 0.3) is 0 Å². The molecule has 0 spiro atoms. The molecule has 0 bridgehead atoms. The molecule has 0 atom stereocenters. The zero-order chi connectivity index (χ0) is 14.5. The summed E-state index contributed by atoms with van der Waals surface area (Å²) < 4.78 is 6.78. The van der Waals surface area contributed by atoms with E-state index < -0.39 is 6.09 Å². The smallest absolute Gasteiger partial charge is 0.407 e. The van der Waals surface area contributed by atoms with Crippen LogP contribution in [0.3, 0.4) is 0 Å². The average molecular weight is 287 g/mol. The van der Waals surface area contributed by atoms with E-state index in [0.29, 0.717) is 24.8 Å². The Morgan fingerprint density at radius 2 is 2.19 bits per heavy atom.